The van der Waals surface area contributed by atoms with E-state index in [2.05, 4.69) is 74.6 Å². The maximum atomic E-state index is 12.4. The van der Waals surface area contributed by atoms with Gasteiger partial charge in [0.25, 0.3) is 0 Å². The third-order valence-electron chi connectivity index (χ3n) is 15.6. The van der Waals surface area contributed by atoms with Crippen LogP contribution in [0.5, 0.6) is 0 Å². The van der Waals surface area contributed by atoms with Crippen LogP contribution >= 0.6 is 0 Å². The average Bonchev–Trinajstić information content (AvgIpc) is 3.43. The van der Waals surface area contributed by atoms with Gasteiger partial charge in [0.1, 0.15) is 6.61 Å². The molecule has 1 atom stereocenters. The molecular formula is C72H132O5. The van der Waals surface area contributed by atoms with Crippen molar-refractivity contribution in [2.75, 3.05) is 13.2 Å². The van der Waals surface area contributed by atoms with Gasteiger partial charge in [-0.25, -0.2) is 0 Å². The highest BCUT2D eigenvalue weighted by Crippen LogP contribution is 2.19. The summed E-state index contributed by atoms with van der Waals surface area (Å²) >= 11 is 0. The Morgan fingerprint density at radius 1 is 0.312 bits per heavy atom. The van der Waals surface area contributed by atoms with Gasteiger partial charge in [-0.2, -0.15) is 0 Å². The van der Waals surface area contributed by atoms with E-state index in [-0.39, 0.29) is 25.2 Å². The summed E-state index contributed by atoms with van der Waals surface area (Å²) in [4.78, 5) is 24.6. The summed E-state index contributed by atoms with van der Waals surface area (Å²) in [6, 6.07) is 0. The minimum Gasteiger partial charge on any atom is -0.462 e. The Balaban J connectivity index is 3.40. The van der Waals surface area contributed by atoms with Gasteiger partial charge in [-0.15, -0.1) is 0 Å². The summed E-state index contributed by atoms with van der Waals surface area (Å²) in [5.74, 6) is -0.568. The molecule has 0 amide bonds. The molecule has 0 heterocycles. The molecule has 0 fully saturated rings. The maximum absolute atomic E-state index is 12.4. The third kappa shape index (κ3) is 66.0. The highest BCUT2D eigenvalue weighted by atomic mass is 16.6. The summed E-state index contributed by atoms with van der Waals surface area (Å²) in [7, 11) is 0. The number of aliphatic hydroxyl groups excluding tert-OH is 1. The van der Waals surface area contributed by atoms with Gasteiger partial charge in [-0.05, 0) is 57.8 Å². The number of unbranched alkanes of at least 4 members (excludes halogenated alkanes) is 46. The largest absolute Gasteiger partial charge is 0.462 e. The van der Waals surface area contributed by atoms with E-state index in [0.717, 1.165) is 64.2 Å². The van der Waals surface area contributed by atoms with Crippen LogP contribution in [0.15, 0.2) is 60.8 Å². The molecule has 0 rings (SSSR count). The highest BCUT2D eigenvalue weighted by Gasteiger charge is 2.16. The normalized spacial score (nSPS) is 12.5. The van der Waals surface area contributed by atoms with Gasteiger partial charge in [0, 0.05) is 12.8 Å². The van der Waals surface area contributed by atoms with Crippen LogP contribution in [0, 0.1) is 0 Å². The Kier molecular flexibility index (Phi) is 65.8. The average molecular weight is 1080 g/mol. The van der Waals surface area contributed by atoms with Gasteiger partial charge in [-0.1, -0.05) is 357 Å². The lowest BCUT2D eigenvalue weighted by molar-refractivity contribution is -0.161. The minimum absolute atomic E-state index is 0.0602. The third-order valence-corrected chi connectivity index (χ3v) is 15.6. The predicted molar refractivity (Wildman–Crippen MR) is 339 cm³/mol. The van der Waals surface area contributed by atoms with Crippen molar-refractivity contribution in [1.29, 1.82) is 0 Å². The first-order valence-electron chi connectivity index (χ1n) is 34.3. The predicted octanol–water partition coefficient (Wildman–Crippen LogP) is 23.7. The van der Waals surface area contributed by atoms with E-state index in [4.69, 9.17) is 9.47 Å². The highest BCUT2D eigenvalue weighted by molar-refractivity contribution is 5.70. The molecule has 0 bridgehead atoms. The number of hydrogen-bond acceptors (Lipinski definition) is 5. The molecule has 450 valence electrons. The van der Waals surface area contributed by atoms with Crippen molar-refractivity contribution >= 4 is 11.9 Å². The molecule has 0 spiro atoms. The number of carbonyl (C=O) groups excluding carboxylic acids is 2. The quantitative estimate of drug-likeness (QED) is 0.0373. The van der Waals surface area contributed by atoms with Crippen LogP contribution in [0.3, 0.4) is 0 Å². The molecule has 1 N–H and O–H groups in total. The molecule has 0 aromatic heterocycles. The van der Waals surface area contributed by atoms with Gasteiger partial charge in [0.2, 0.25) is 0 Å². The van der Waals surface area contributed by atoms with Gasteiger partial charge < -0.3 is 14.6 Å². The first kappa shape index (κ1) is 74.6. The second-order valence-corrected chi connectivity index (χ2v) is 23.2. The second-order valence-electron chi connectivity index (χ2n) is 23.2. The first-order valence-corrected chi connectivity index (χ1v) is 34.3. The maximum Gasteiger partial charge on any atom is 0.306 e. The number of rotatable bonds is 64. The molecule has 0 saturated heterocycles. The smallest absolute Gasteiger partial charge is 0.306 e. The minimum atomic E-state index is -0.771. The molecule has 5 nitrogen and oxygen atoms in total. The second kappa shape index (κ2) is 67.9. The van der Waals surface area contributed by atoms with E-state index >= 15 is 0 Å². The molecule has 5 heteroatoms. The van der Waals surface area contributed by atoms with E-state index in [0.29, 0.717) is 12.8 Å². The van der Waals surface area contributed by atoms with Crippen molar-refractivity contribution in [2.24, 2.45) is 0 Å². The lowest BCUT2D eigenvalue weighted by Gasteiger charge is -2.15. The van der Waals surface area contributed by atoms with Gasteiger partial charge in [-0.3, -0.25) is 9.59 Å². The summed E-state index contributed by atoms with van der Waals surface area (Å²) in [6.07, 6.45) is 92.5. The summed E-state index contributed by atoms with van der Waals surface area (Å²) in [5, 5.41) is 9.70. The van der Waals surface area contributed by atoms with Crippen molar-refractivity contribution in [1.82, 2.24) is 0 Å². The van der Waals surface area contributed by atoms with E-state index in [9.17, 15) is 14.7 Å². The lowest BCUT2D eigenvalue weighted by Crippen LogP contribution is -2.28. The number of ether oxygens (including phenoxy) is 2. The number of carbonyl (C=O) groups is 2. The zero-order valence-electron chi connectivity index (χ0n) is 51.7. The molecule has 0 aromatic rings. The molecular weight excluding hydrogens is 945 g/mol. The van der Waals surface area contributed by atoms with Crippen molar-refractivity contribution in [3.63, 3.8) is 0 Å². The zero-order valence-corrected chi connectivity index (χ0v) is 51.7. The summed E-state index contributed by atoms with van der Waals surface area (Å²) < 4.78 is 10.8. The van der Waals surface area contributed by atoms with Crippen LogP contribution in [0.1, 0.15) is 367 Å². The molecule has 0 radical (unpaired) electrons. The van der Waals surface area contributed by atoms with Crippen LogP contribution in [-0.4, -0.2) is 36.4 Å². The monoisotopic (exact) mass is 1080 g/mol. The SMILES string of the molecule is CC/C=C\C/C=C\C/C=C\C/C=C\C/C=C\CCCCCCCCCCCCCCCCCCCCCC(=O)OC(CO)COC(=O)CCCCCCCCCCCCCCCCCCCCCCCCCCCCCC. The van der Waals surface area contributed by atoms with Crippen LogP contribution in [0.4, 0.5) is 0 Å². The summed E-state index contributed by atoms with van der Waals surface area (Å²) in [6.45, 7) is 4.09. The van der Waals surface area contributed by atoms with Crippen molar-refractivity contribution in [3.05, 3.63) is 60.8 Å². The van der Waals surface area contributed by atoms with E-state index in [1.54, 1.807) is 0 Å². The lowest BCUT2D eigenvalue weighted by atomic mass is 10.0. The van der Waals surface area contributed by atoms with E-state index in [1.807, 2.05) is 0 Å². The first-order chi connectivity index (χ1) is 38.1. The molecule has 0 aliphatic rings. The number of aliphatic hydroxyl groups is 1. The van der Waals surface area contributed by atoms with Crippen molar-refractivity contribution in [2.45, 2.75) is 373 Å². The Bertz CT molecular complexity index is 1310. The van der Waals surface area contributed by atoms with Crippen molar-refractivity contribution < 1.29 is 24.2 Å². The van der Waals surface area contributed by atoms with Crippen LogP contribution in [0.2, 0.25) is 0 Å². The standard InChI is InChI=1S/C72H132O5/c1-3-5-7-9-11-13-15-17-19-21-23-25-27-29-31-33-34-35-36-37-38-39-41-43-45-47-49-51-53-55-57-59-61-63-65-67-72(75)77-70(68-73)69-76-71(74)66-64-62-60-58-56-54-52-50-48-46-44-42-40-32-30-28-26-24-22-20-18-16-14-12-10-8-6-4-2/h5,7,11,13,17,19,23,25,29,31,70,73H,3-4,6,8-10,12,14-16,18,20-22,24,26-28,30,32-69H2,1-2H3/b7-5-,13-11-,19-17-,25-23-,31-29-. The van der Waals surface area contributed by atoms with E-state index < -0.39 is 6.10 Å². The van der Waals surface area contributed by atoms with E-state index in [1.165, 1.54) is 276 Å². The van der Waals surface area contributed by atoms with Crippen LogP contribution in [-0.2, 0) is 19.1 Å². The fraction of sp³-hybridized carbons (Fsp3) is 0.833. The van der Waals surface area contributed by atoms with Gasteiger partial charge in [0.05, 0.1) is 6.61 Å². The molecule has 0 aliphatic carbocycles. The van der Waals surface area contributed by atoms with Gasteiger partial charge >= 0.3 is 11.9 Å². The number of esters is 2. The molecule has 0 aromatic carbocycles. The number of hydrogen-bond donors (Lipinski definition) is 1. The fourth-order valence-corrected chi connectivity index (χ4v) is 10.5. The molecule has 0 saturated carbocycles. The Morgan fingerprint density at radius 3 is 0.844 bits per heavy atom. The topological polar surface area (TPSA) is 72.8 Å². The zero-order chi connectivity index (χ0) is 55.5. The Labute approximate surface area is 481 Å². The molecule has 77 heavy (non-hydrogen) atoms. The summed E-state index contributed by atoms with van der Waals surface area (Å²) in [5.41, 5.74) is 0. The Hall–Kier alpha value is -2.40. The van der Waals surface area contributed by atoms with Crippen LogP contribution < -0.4 is 0 Å². The fourth-order valence-electron chi connectivity index (χ4n) is 10.5. The molecule has 0 aliphatic heterocycles. The van der Waals surface area contributed by atoms with Crippen molar-refractivity contribution in [3.8, 4) is 0 Å². The van der Waals surface area contributed by atoms with Gasteiger partial charge in [0.15, 0.2) is 6.10 Å². The molecule has 1 unspecified atom stereocenters. The number of allylic oxidation sites excluding steroid dienone is 10. The van der Waals surface area contributed by atoms with Crippen LogP contribution in [0.25, 0.3) is 0 Å². The Morgan fingerprint density at radius 2 is 0.558 bits per heavy atom.